The molecule has 1 saturated carbocycles. The maximum absolute atomic E-state index is 6.01. The lowest BCUT2D eigenvalue weighted by Crippen LogP contribution is -2.37. The topological polar surface area (TPSA) is 77.8 Å². The summed E-state index contributed by atoms with van der Waals surface area (Å²) in [7, 11) is 0. The van der Waals surface area contributed by atoms with E-state index in [0.29, 0.717) is 24.0 Å². The quantitative estimate of drug-likeness (QED) is 0.824. The van der Waals surface area contributed by atoms with Gasteiger partial charge in [0.25, 0.3) is 0 Å². The van der Waals surface area contributed by atoms with E-state index >= 15 is 0 Å². The monoisotopic (exact) mass is 414 g/mol. The number of hydrogen-bond acceptors (Lipinski definition) is 5. The van der Waals surface area contributed by atoms with Gasteiger partial charge in [0.15, 0.2) is 0 Å². The number of aromatic nitrogens is 3. The molecule has 5 nitrogen and oxygen atoms in total. The third kappa shape index (κ3) is 2.91. The second-order valence-corrected chi connectivity index (χ2v) is 7.22. The summed E-state index contributed by atoms with van der Waals surface area (Å²) in [6.07, 6.45) is 7.32. The molecule has 1 aliphatic rings. The molecule has 0 saturated heterocycles. The summed E-state index contributed by atoms with van der Waals surface area (Å²) in [5.41, 5.74) is 6.52. The first-order valence-electron chi connectivity index (χ1n) is 7.00. The third-order valence-electron chi connectivity index (χ3n) is 4.10. The summed E-state index contributed by atoms with van der Waals surface area (Å²) >= 11 is 6.86. The van der Waals surface area contributed by atoms with Gasteiger partial charge in [-0.15, -0.1) is 0 Å². The lowest BCUT2D eigenvalue weighted by Gasteiger charge is -2.32. The fourth-order valence-electron chi connectivity index (χ4n) is 2.85. The van der Waals surface area contributed by atoms with Crippen molar-refractivity contribution in [1.29, 1.82) is 0 Å². The second-order valence-electron chi connectivity index (χ2n) is 5.45. The molecule has 0 atom stereocenters. The third-order valence-corrected chi connectivity index (χ3v) is 5.14. The fraction of sp³-hybridized carbons (Fsp3) is 0.500. The van der Waals surface area contributed by atoms with Gasteiger partial charge >= 0.3 is 0 Å². The lowest BCUT2D eigenvalue weighted by molar-refractivity contribution is 0.220. The van der Waals surface area contributed by atoms with E-state index in [9.17, 15) is 0 Å². The van der Waals surface area contributed by atoms with Crippen molar-refractivity contribution in [3.05, 3.63) is 27.1 Å². The lowest BCUT2D eigenvalue weighted by atomic mass is 9.74. The van der Waals surface area contributed by atoms with Crippen LogP contribution < -0.4 is 5.73 Å². The van der Waals surface area contributed by atoms with E-state index in [1.165, 1.54) is 6.42 Å². The molecule has 0 aliphatic heterocycles. The van der Waals surface area contributed by atoms with E-state index in [1.54, 1.807) is 6.20 Å². The molecule has 0 unspecified atom stereocenters. The van der Waals surface area contributed by atoms with Crippen LogP contribution in [0.5, 0.6) is 0 Å². The molecule has 2 heterocycles. The van der Waals surface area contributed by atoms with Gasteiger partial charge < -0.3 is 10.3 Å². The zero-order chi connectivity index (χ0) is 14.9. The van der Waals surface area contributed by atoms with Crippen molar-refractivity contribution >= 4 is 31.9 Å². The number of hydrogen-bond donors (Lipinski definition) is 1. The van der Waals surface area contributed by atoms with Crippen LogP contribution in [0.4, 0.5) is 0 Å². The van der Waals surface area contributed by atoms with Gasteiger partial charge in [-0.2, -0.15) is 4.98 Å². The molecule has 112 valence electrons. The number of nitrogens with two attached hydrogens (primary N) is 1. The van der Waals surface area contributed by atoms with E-state index in [1.807, 2.05) is 6.07 Å². The Morgan fingerprint density at radius 2 is 2.00 bits per heavy atom. The average molecular weight is 416 g/mol. The standard InChI is InChI=1S/C14H16Br2N4O/c15-9-6-10(16)11(18-7-9)12-19-13(21-20-12)14(8-17)4-2-1-3-5-14/h6-7H,1-5,8,17H2. The molecule has 0 amide bonds. The molecule has 0 spiro atoms. The Bertz CT molecular complexity index is 638. The van der Waals surface area contributed by atoms with Gasteiger partial charge in [-0.3, -0.25) is 4.98 Å². The molecule has 2 aromatic heterocycles. The summed E-state index contributed by atoms with van der Waals surface area (Å²) in [5, 5.41) is 4.10. The van der Waals surface area contributed by atoms with Crippen molar-refractivity contribution in [3.63, 3.8) is 0 Å². The number of nitrogens with zero attached hydrogens (tertiary/aromatic N) is 3. The Hall–Kier alpha value is -0.790. The SMILES string of the molecule is NCC1(c2nc(-c3ncc(Br)cc3Br)no2)CCCCC1. The molecule has 1 aliphatic carbocycles. The van der Waals surface area contributed by atoms with Gasteiger partial charge in [-0.25, -0.2) is 0 Å². The molecule has 0 radical (unpaired) electrons. The Kier molecular flexibility index (Phi) is 4.42. The normalized spacial score (nSPS) is 17.9. The summed E-state index contributed by atoms with van der Waals surface area (Å²) in [6, 6.07) is 1.91. The second kappa shape index (κ2) is 6.14. The van der Waals surface area contributed by atoms with Crippen LogP contribution in [0.1, 0.15) is 38.0 Å². The maximum atomic E-state index is 6.01. The van der Waals surface area contributed by atoms with Crippen LogP contribution in [0, 0.1) is 0 Å². The fourth-order valence-corrected chi connectivity index (χ4v) is 4.01. The Labute approximate surface area is 140 Å². The van der Waals surface area contributed by atoms with E-state index in [0.717, 1.165) is 34.6 Å². The molecule has 2 N–H and O–H groups in total. The molecule has 21 heavy (non-hydrogen) atoms. The van der Waals surface area contributed by atoms with Crippen molar-refractivity contribution in [2.45, 2.75) is 37.5 Å². The zero-order valence-corrected chi connectivity index (χ0v) is 14.7. The molecule has 2 aromatic rings. The molecule has 1 fully saturated rings. The predicted octanol–water partition coefficient (Wildman–Crippen LogP) is 3.82. The molecular formula is C14H16Br2N4O. The van der Waals surface area contributed by atoms with Crippen molar-refractivity contribution < 1.29 is 4.52 Å². The average Bonchev–Trinajstić information content (AvgIpc) is 2.98. The molecule has 7 heteroatoms. The van der Waals surface area contributed by atoms with Crippen molar-refractivity contribution in [2.75, 3.05) is 6.54 Å². The summed E-state index contributed by atoms with van der Waals surface area (Å²) in [5.74, 6) is 1.15. The Morgan fingerprint density at radius 1 is 1.24 bits per heavy atom. The van der Waals surface area contributed by atoms with Gasteiger partial charge in [0, 0.05) is 21.7 Å². The largest absolute Gasteiger partial charge is 0.338 e. The highest BCUT2D eigenvalue weighted by molar-refractivity contribution is 9.11. The first kappa shape index (κ1) is 15.1. The van der Waals surface area contributed by atoms with Gasteiger partial charge in [-0.1, -0.05) is 24.4 Å². The van der Waals surface area contributed by atoms with Crippen LogP contribution in [0.3, 0.4) is 0 Å². The minimum Gasteiger partial charge on any atom is -0.338 e. The smallest absolute Gasteiger partial charge is 0.234 e. The van der Waals surface area contributed by atoms with E-state index in [-0.39, 0.29) is 5.41 Å². The van der Waals surface area contributed by atoms with Crippen LogP contribution >= 0.6 is 31.9 Å². The molecule has 0 bridgehead atoms. The summed E-state index contributed by atoms with van der Waals surface area (Å²) < 4.78 is 7.25. The molecular weight excluding hydrogens is 400 g/mol. The van der Waals surface area contributed by atoms with Gasteiger partial charge in [0.2, 0.25) is 11.7 Å². The predicted molar refractivity (Wildman–Crippen MR) is 86.7 cm³/mol. The van der Waals surface area contributed by atoms with Crippen molar-refractivity contribution in [1.82, 2.24) is 15.1 Å². The van der Waals surface area contributed by atoms with Crippen LogP contribution in [-0.4, -0.2) is 21.7 Å². The van der Waals surface area contributed by atoms with Gasteiger partial charge in [0.05, 0.1) is 5.41 Å². The first-order valence-corrected chi connectivity index (χ1v) is 8.59. The Balaban J connectivity index is 1.95. The van der Waals surface area contributed by atoms with Crippen LogP contribution in [0.25, 0.3) is 11.5 Å². The first-order chi connectivity index (χ1) is 10.1. The van der Waals surface area contributed by atoms with Crippen molar-refractivity contribution in [3.8, 4) is 11.5 Å². The molecule has 0 aromatic carbocycles. The van der Waals surface area contributed by atoms with E-state index in [4.69, 9.17) is 10.3 Å². The Morgan fingerprint density at radius 3 is 2.67 bits per heavy atom. The molecule has 3 rings (SSSR count). The summed E-state index contributed by atoms with van der Waals surface area (Å²) in [4.78, 5) is 8.92. The highest BCUT2D eigenvalue weighted by atomic mass is 79.9. The number of rotatable bonds is 3. The minimum absolute atomic E-state index is 0.161. The summed E-state index contributed by atoms with van der Waals surface area (Å²) in [6.45, 7) is 0.545. The van der Waals surface area contributed by atoms with E-state index < -0.39 is 0 Å². The van der Waals surface area contributed by atoms with E-state index in [2.05, 4.69) is 47.0 Å². The maximum Gasteiger partial charge on any atom is 0.234 e. The number of halogens is 2. The highest BCUT2D eigenvalue weighted by Gasteiger charge is 2.38. The van der Waals surface area contributed by atoms with Crippen molar-refractivity contribution in [2.24, 2.45) is 5.73 Å². The zero-order valence-electron chi connectivity index (χ0n) is 11.5. The van der Waals surface area contributed by atoms with Crippen LogP contribution in [0.15, 0.2) is 25.7 Å². The minimum atomic E-state index is -0.161. The van der Waals surface area contributed by atoms with Crippen LogP contribution in [-0.2, 0) is 5.41 Å². The van der Waals surface area contributed by atoms with Gasteiger partial charge in [0.1, 0.15) is 5.69 Å². The highest BCUT2D eigenvalue weighted by Crippen LogP contribution is 2.38. The van der Waals surface area contributed by atoms with Gasteiger partial charge in [-0.05, 0) is 50.8 Å². The number of pyridine rings is 1. The van der Waals surface area contributed by atoms with Crippen LogP contribution in [0.2, 0.25) is 0 Å².